The van der Waals surface area contributed by atoms with E-state index in [1.54, 1.807) is 31.2 Å². The number of carbonyl (C=O) groups is 1. The van der Waals surface area contributed by atoms with E-state index in [2.05, 4.69) is 5.32 Å². The molecule has 2 rings (SSSR count). The average molecular weight is 376 g/mol. The number of ether oxygens (including phenoxy) is 1. The fourth-order valence-electron chi connectivity index (χ4n) is 2.58. The van der Waals surface area contributed by atoms with E-state index in [1.807, 2.05) is 31.2 Å². The SMILES string of the molecule is COc1ccc(N(C(C)C(=O)NCc2ccc(C)cc2)S(C)(=O)=O)cc1. The highest BCUT2D eigenvalue weighted by Gasteiger charge is 2.28. The maximum atomic E-state index is 12.5. The fourth-order valence-corrected chi connectivity index (χ4v) is 3.76. The number of carbonyl (C=O) groups excluding carboxylic acids is 1. The number of nitrogens with one attached hydrogen (secondary N) is 1. The quantitative estimate of drug-likeness (QED) is 0.805. The second kappa shape index (κ2) is 8.23. The Balaban J connectivity index is 2.16. The lowest BCUT2D eigenvalue weighted by molar-refractivity contribution is -0.122. The minimum absolute atomic E-state index is 0.337. The Morgan fingerprint density at radius 2 is 1.69 bits per heavy atom. The number of rotatable bonds is 7. The van der Waals surface area contributed by atoms with Gasteiger partial charge in [0, 0.05) is 6.54 Å². The molecular formula is C19H24N2O4S. The first-order valence-electron chi connectivity index (χ1n) is 8.19. The van der Waals surface area contributed by atoms with Crippen molar-refractivity contribution in [2.75, 3.05) is 17.7 Å². The van der Waals surface area contributed by atoms with Crippen LogP contribution in [0.4, 0.5) is 5.69 Å². The lowest BCUT2D eigenvalue weighted by Gasteiger charge is -2.28. The zero-order valence-electron chi connectivity index (χ0n) is 15.4. The van der Waals surface area contributed by atoms with Crippen LogP contribution in [0.15, 0.2) is 48.5 Å². The van der Waals surface area contributed by atoms with Crippen LogP contribution in [-0.4, -0.2) is 33.7 Å². The average Bonchev–Trinajstić information content (AvgIpc) is 2.60. The molecule has 0 aliphatic heterocycles. The summed E-state index contributed by atoms with van der Waals surface area (Å²) in [5, 5.41) is 2.79. The molecular weight excluding hydrogens is 352 g/mol. The number of hydrogen-bond acceptors (Lipinski definition) is 4. The van der Waals surface area contributed by atoms with Gasteiger partial charge >= 0.3 is 0 Å². The predicted octanol–water partition coefficient (Wildman–Crippen LogP) is 2.47. The zero-order valence-corrected chi connectivity index (χ0v) is 16.2. The van der Waals surface area contributed by atoms with Crippen LogP contribution in [0.1, 0.15) is 18.1 Å². The first-order chi connectivity index (χ1) is 12.2. The molecule has 7 heteroatoms. The molecule has 0 aliphatic carbocycles. The first-order valence-corrected chi connectivity index (χ1v) is 10.0. The van der Waals surface area contributed by atoms with E-state index in [9.17, 15) is 13.2 Å². The van der Waals surface area contributed by atoms with E-state index in [1.165, 1.54) is 7.11 Å². The maximum absolute atomic E-state index is 12.5. The molecule has 1 amide bonds. The highest BCUT2D eigenvalue weighted by atomic mass is 32.2. The lowest BCUT2D eigenvalue weighted by Crippen LogP contribution is -2.47. The van der Waals surface area contributed by atoms with Crippen molar-refractivity contribution in [1.82, 2.24) is 5.32 Å². The number of nitrogens with zero attached hydrogens (tertiary/aromatic N) is 1. The first kappa shape index (κ1) is 19.8. The van der Waals surface area contributed by atoms with Gasteiger partial charge in [0.25, 0.3) is 0 Å². The molecule has 0 saturated carbocycles. The van der Waals surface area contributed by atoms with Gasteiger partial charge in [-0.25, -0.2) is 8.42 Å². The minimum atomic E-state index is -3.64. The summed E-state index contributed by atoms with van der Waals surface area (Å²) in [7, 11) is -2.11. The van der Waals surface area contributed by atoms with Gasteiger partial charge in [0.05, 0.1) is 19.1 Å². The third-order valence-corrected chi connectivity index (χ3v) is 5.24. The van der Waals surface area contributed by atoms with Gasteiger partial charge in [-0.3, -0.25) is 9.10 Å². The molecule has 1 atom stereocenters. The van der Waals surface area contributed by atoms with Crippen LogP contribution in [0.5, 0.6) is 5.75 Å². The molecule has 0 radical (unpaired) electrons. The molecule has 0 aliphatic rings. The summed E-state index contributed by atoms with van der Waals surface area (Å²) in [6.45, 7) is 3.89. The smallest absolute Gasteiger partial charge is 0.243 e. The van der Waals surface area contributed by atoms with Crippen molar-refractivity contribution >= 4 is 21.6 Å². The molecule has 1 N–H and O–H groups in total. The van der Waals surface area contributed by atoms with Crippen molar-refractivity contribution in [3.8, 4) is 5.75 Å². The fraction of sp³-hybridized carbons (Fsp3) is 0.316. The molecule has 0 spiro atoms. The number of amides is 1. The number of benzene rings is 2. The van der Waals surface area contributed by atoms with Crippen molar-refractivity contribution in [2.24, 2.45) is 0 Å². The van der Waals surface area contributed by atoms with Crippen molar-refractivity contribution in [3.63, 3.8) is 0 Å². The van der Waals surface area contributed by atoms with E-state index < -0.39 is 16.1 Å². The molecule has 2 aromatic rings. The number of methoxy groups -OCH3 is 1. The van der Waals surface area contributed by atoms with Crippen LogP contribution in [0.25, 0.3) is 0 Å². The molecule has 0 saturated heterocycles. The number of hydrogen-bond donors (Lipinski definition) is 1. The third-order valence-electron chi connectivity index (χ3n) is 4.00. The van der Waals surface area contributed by atoms with E-state index in [4.69, 9.17) is 4.74 Å². The molecule has 0 fully saturated rings. The third kappa shape index (κ3) is 4.98. The van der Waals surface area contributed by atoms with Gasteiger partial charge < -0.3 is 10.1 Å². The van der Waals surface area contributed by atoms with Gasteiger partial charge in [-0.2, -0.15) is 0 Å². The Kier molecular flexibility index (Phi) is 6.26. The highest BCUT2D eigenvalue weighted by molar-refractivity contribution is 7.92. The Morgan fingerprint density at radius 1 is 1.12 bits per heavy atom. The Labute approximate surface area is 154 Å². The second-order valence-corrected chi connectivity index (χ2v) is 8.00. The highest BCUT2D eigenvalue weighted by Crippen LogP contribution is 2.23. The summed E-state index contributed by atoms with van der Waals surface area (Å²) in [6.07, 6.45) is 1.08. The van der Waals surface area contributed by atoms with Crippen molar-refractivity contribution in [3.05, 3.63) is 59.7 Å². The van der Waals surface area contributed by atoms with Crippen LogP contribution >= 0.6 is 0 Å². The summed E-state index contributed by atoms with van der Waals surface area (Å²) in [5.41, 5.74) is 2.49. The van der Waals surface area contributed by atoms with Crippen LogP contribution < -0.4 is 14.4 Å². The van der Waals surface area contributed by atoms with E-state index >= 15 is 0 Å². The number of aryl methyl sites for hydroxylation is 1. The normalized spacial score (nSPS) is 12.3. The molecule has 0 heterocycles. The molecule has 0 bridgehead atoms. The summed E-state index contributed by atoms with van der Waals surface area (Å²) < 4.78 is 30.7. The molecule has 2 aromatic carbocycles. The van der Waals surface area contributed by atoms with Crippen molar-refractivity contribution < 1.29 is 17.9 Å². The summed E-state index contributed by atoms with van der Waals surface area (Å²) in [6, 6.07) is 13.4. The van der Waals surface area contributed by atoms with Crippen LogP contribution in [0.3, 0.4) is 0 Å². The van der Waals surface area contributed by atoms with Crippen molar-refractivity contribution in [1.29, 1.82) is 0 Å². The largest absolute Gasteiger partial charge is 0.497 e. The summed E-state index contributed by atoms with van der Waals surface area (Å²) in [5.74, 6) is 0.241. The molecule has 140 valence electrons. The van der Waals surface area contributed by atoms with Gasteiger partial charge in [-0.05, 0) is 43.7 Å². The molecule has 0 aromatic heterocycles. The minimum Gasteiger partial charge on any atom is -0.497 e. The standard InChI is InChI=1S/C19H24N2O4S/c1-14-5-7-16(8-6-14)13-20-19(22)15(2)21(26(4,23)24)17-9-11-18(25-3)12-10-17/h5-12,15H,13H2,1-4H3,(H,20,22). The van der Waals surface area contributed by atoms with Gasteiger partial charge in [0.15, 0.2) is 0 Å². The zero-order chi connectivity index (χ0) is 19.3. The van der Waals surface area contributed by atoms with Crippen molar-refractivity contribution in [2.45, 2.75) is 26.4 Å². The Morgan fingerprint density at radius 3 is 2.19 bits per heavy atom. The van der Waals surface area contributed by atoms with Gasteiger partial charge in [0.2, 0.25) is 15.9 Å². The van der Waals surface area contributed by atoms with Gasteiger partial charge in [0.1, 0.15) is 11.8 Å². The number of anilines is 1. The van der Waals surface area contributed by atoms with Gasteiger partial charge in [-0.15, -0.1) is 0 Å². The summed E-state index contributed by atoms with van der Waals surface area (Å²) in [4.78, 5) is 12.5. The predicted molar refractivity (Wildman–Crippen MR) is 103 cm³/mol. The molecule has 6 nitrogen and oxygen atoms in total. The van der Waals surface area contributed by atoms with Crippen LogP contribution in [0.2, 0.25) is 0 Å². The van der Waals surface area contributed by atoms with E-state index in [0.29, 0.717) is 18.0 Å². The van der Waals surface area contributed by atoms with Crippen LogP contribution in [0, 0.1) is 6.92 Å². The van der Waals surface area contributed by atoms with Crippen LogP contribution in [-0.2, 0) is 21.4 Å². The summed E-state index contributed by atoms with van der Waals surface area (Å²) >= 11 is 0. The maximum Gasteiger partial charge on any atom is 0.243 e. The second-order valence-electron chi connectivity index (χ2n) is 6.14. The van der Waals surface area contributed by atoms with E-state index in [0.717, 1.165) is 21.7 Å². The van der Waals surface area contributed by atoms with Gasteiger partial charge in [-0.1, -0.05) is 29.8 Å². The lowest BCUT2D eigenvalue weighted by atomic mass is 10.1. The van der Waals surface area contributed by atoms with E-state index in [-0.39, 0.29) is 5.91 Å². The Bertz CT molecular complexity index is 846. The monoisotopic (exact) mass is 376 g/mol. The topological polar surface area (TPSA) is 75.7 Å². The number of sulfonamides is 1. The molecule has 1 unspecified atom stereocenters. The molecule has 26 heavy (non-hydrogen) atoms. The Hall–Kier alpha value is -2.54.